The van der Waals surface area contributed by atoms with Gasteiger partial charge >= 0.3 is 5.97 Å². The van der Waals surface area contributed by atoms with Crippen molar-refractivity contribution in [2.45, 2.75) is 6.42 Å². The van der Waals surface area contributed by atoms with E-state index in [0.717, 1.165) is 10.9 Å². The minimum absolute atomic E-state index is 0.223. The van der Waals surface area contributed by atoms with Gasteiger partial charge in [-0.1, -0.05) is 72.8 Å². The molecule has 110 valence electrons. The number of methoxy groups -OCH3 is 1. The van der Waals surface area contributed by atoms with Crippen LogP contribution < -0.4 is 10.6 Å². The van der Waals surface area contributed by atoms with Crippen LogP contribution in [0.15, 0.2) is 83.7 Å². The predicted octanol–water partition coefficient (Wildman–Crippen LogP) is 3.51. The molecule has 2 aromatic rings. The highest BCUT2D eigenvalue weighted by Crippen LogP contribution is 2.48. The van der Waals surface area contributed by atoms with E-state index < -0.39 is 7.92 Å². The monoisotopic (exact) mass is 308 g/mol. The Morgan fingerprint density at radius 3 is 2.00 bits per heavy atom. The second kappa shape index (κ2) is 6.72. The Bertz CT molecular complexity index is 678. The fourth-order valence-corrected chi connectivity index (χ4v) is 5.10. The van der Waals surface area contributed by atoms with E-state index in [9.17, 15) is 4.79 Å². The van der Waals surface area contributed by atoms with Crippen molar-refractivity contribution in [1.29, 1.82) is 0 Å². The van der Waals surface area contributed by atoms with Gasteiger partial charge in [-0.15, -0.1) is 0 Å². The summed E-state index contributed by atoms with van der Waals surface area (Å²) in [5, 5.41) is 3.58. The lowest BCUT2D eigenvalue weighted by molar-refractivity contribution is -0.136. The van der Waals surface area contributed by atoms with Gasteiger partial charge in [-0.05, 0) is 30.3 Å². The van der Waals surface area contributed by atoms with Gasteiger partial charge in [0.25, 0.3) is 0 Å². The van der Waals surface area contributed by atoms with Gasteiger partial charge in [0.15, 0.2) is 0 Å². The van der Waals surface area contributed by atoms with Crippen LogP contribution in [0, 0.1) is 0 Å². The molecule has 0 bridgehead atoms. The number of benzene rings is 2. The molecular formula is C19H17O2P. The molecule has 0 saturated heterocycles. The highest BCUT2D eigenvalue weighted by atomic mass is 31.1. The topological polar surface area (TPSA) is 26.3 Å². The Kier molecular flexibility index (Phi) is 4.50. The summed E-state index contributed by atoms with van der Waals surface area (Å²) >= 11 is 0. The van der Waals surface area contributed by atoms with Crippen LogP contribution in [0.4, 0.5) is 0 Å². The van der Waals surface area contributed by atoms with Crippen LogP contribution in [-0.4, -0.2) is 13.1 Å². The molecule has 2 aromatic carbocycles. The maximum Gasteiger partial charge on any atom is 0.334 e. The van der Waals surface area contributed by atoms with Crippen LogP contribution in [0.1, 0.15) is 6.42 Å². The quantitative estimate of drug-likeness (QED) is 0.638. The summed E-state index contributed by atoms with van der Waals surface area (Å²) in [6.45, 7) is 0. The van der Waals surface area contributed by atoms with Crippen molar-refractivity contribution >= 4 is 24.5 Å². The van der Waals surface area contributed by atoms with E-state index >= 15 is 0 Å². The summed E-state index contributed by atoms with van der Waals surface area (Å²) in [6.07, 6.45) is 4.78. The molecule has 1 aliphatic rings. The van der Waals surface area contributed by atoms with Crippen molar-refractivity contribution < 1.29 is 9.53 Å². The molecule has 0 atom stereocenters. The van der Waals surface area contributed by atoms with Gasteiger partial charge in [0.1, 0.15) is 0 Å². The third-order valence-electron chi connectivity index (χ3n) is 3.61. The predicted molar refractivity (Wildman–Crippen MR) is 91.9 cm³/mol. The van der Waals surface area contributed by atoms with Gasteiger partial charge in [0.2, 0.25) is 0 Å². The highest BCUT2D eigenvalue weighted by Gasteiger charge is 2.26. The first-order valence-corrected chi connectivity index (χ1v) is 8.53. The minimum Gasteiger partial charge on any atom is -0.466 e. The zero-order valence-electron chi connectivity index (χ0n) is 12.4. The van der Waals surface area contributed by atoms with Crippen LogP contribution in [0.25, 0.3) is 0 Å². The van der Waals surface area contributed by atoms with Gasteiger partial charge in [0.05, 0.1) is 7.11 Å². The molecule has 0 amide bonds. The molecule has 0 heterocycles. The van der Waals surface area contributed by atoms with E-state index in [1.54, 1.807) is 0 Å². The van der Waals surface area contributed by atoms with Gasteiger partial charge in [0, 0.05) is 5.57 Å². The van der Waals surface area contributed by atoms with E-state index in [0.29, 0.717) is 6.42 Å². The van der Waals surface area contributed by atoms with Crippen molar-refractivity contribution in [3.8, 4) is 0 Å². The van der Waals surface area contributed by atoms with Crippen molar-refractivity contribution in [1.82, 2.24) is 0 Å². The van der Waals surface area contributed by atoms with E-state index in [2.05, 4.69) is 30.3 Å². The molecule has 0 spiro atoms. The van der Waals surface area contributed by atoms with E-state index in [1.165, 1.54) is 17.7 Å². The zero-order chi connectivity index (χ0) is 15.4. The van der Waals surface area contributed by atoms with E-state index in [-0.39, 0.29) is 5.97 Å². The third-order valence-corrected chi connectivity index (χ3v) is 6.14. The van der Waals surface area contributed by atoms with Gasteiger partial charge in [-0.3, -0.25) is 0 Å². The summed E-state index contributed by atoms with van der Waals surface area (Å²) in [7, 11) is 0.706. The zero-order valence-corrected chi connectivity index (χ0v) is 13.3. The van der Waals surface area contributed by atoms with E-state index in [1.807, 2.05) is 42.5 Å². The molecule has 0 aromatic heterocycles. The largest absolute Gasteiger partial charge is 0.466 e. The molecule has 0 fully saturated rings. The normalized spacial score (nSPS) is 13.7. The van der Waals surface area contributed by atoms with Crippen LogP contribution in [0.3, 0.4) is 0 Å². The Morgan fingerprint density at radius 2 is 1.50 bits per heavy atom. The summed E-state index contributed by atoms with van der Waals surface area (Å²) in [5.74, 6) is -0.223. The highest BCUT2D eigenvalue weighted by molar-refractivity contribution is 7.77. The Balaban J connectivity index is 2.14. The summed E-state index contributed by atoms with van der Waals surface area (Å²) in [6, 6.07) is 20.7. The fraction of sp³-hybridized carbons (Fsp3) is 0.105. The van der Waals surface area contributed by atoms with Crippen LogP contribution >= 0.6 is 7.92 Å². The third kappa shape index (κ3) is 2.88. The number of rotatable bonds is 4. The first kappa shape index (κ1) is 14.7. The number of carbonyl (C=O) groups is 1. The van der Waals surface area contributed by atoms with Crippen LogP contribution in [0.5, 0.6) is 0 Å². The van der Waals surface area contributed by atoms with Crippen molar-refractivity contribution in [3.05, 3.63) is 83.7 Å². The Hall–Kier alpha value is -2.18. The number of allylic oxidation sites excluding steroid dienone is 3. The van der Waals surface area contributed by atoms with E-state index in [4.69, 9.17) is 4.74 Å². The standard InChI is InChI=1S/C19H17O2P/c1-21-19(20)17-13-8-14-18(17)22(15-9-4-2-5-10-15)16-11-6-3-7-12-16/h2-12,14H,13H2,1H3. The Morgan fingerprint density at radius 1 is 0.955 bits per heavy atom. The molecule has 2 nitrogen and oxygen atoms in total. The molecule has 0 unspecified atom stereocenters. The fourth-order valence-electron chi connectivity index (χ4n) is 2.60. The minimum atomic E-state index is -0.737. The average molecular weight is 308 g/mol. The molecule has 3 rings (SSSR count). The van der Waals surface area contributed by atoms with Crippen LogP contribution in [0.2, 0.25) is 0 Å². The second-order valence-electron chi connectivity index (χ2n) is 4.97. The van der Waals surface area contributed by atoms with Gasteiger partial charge < -0.3 is 4.74 Å². The first-order chi connectivity index (χ1) is 10.8. The number of carbonyl (C=O) groups excluding carboxylic acids is 1. The Labute approximate surface area is 131 Å². The molecule has 0 radical (unpaired) electrons. The molecule has 3 heteroatoms. The summed E-state index contributed by atoms with van der Waals surface area (Å²) < 4.78 is 4.96. The molecule has 0 saturated carbocycles. The number of ether oxygens (including phenoxy) is 1. The van der Waals surface area contributed by atoms with Crippen LogP contribution in [-0.2, 0) is 9.53 Å². The lowest BCUT2D eigenvalue weighted by Gasteiger charge is -2.20. The van der Waals surface area contributed by atoms with Gasteiger partial charge in [-0.25, -0.2) is 4.79 Å². The SMILES string of the molecule is COC(=O)C1=C(P(c2ccccc2)c2ccccc2)C=CC1. The number of hydrogen-bond acceptors (Lipinski definition) is 2. The molecule has 0 N–H and O–H groups in total. The van der Waals surface area contributed by atoms with Crippen molar-refractivity contribution in [2.75, 3.05) is 7.11 Å². The average Bonchev–Trinajstić information content (AvgIpc) is 3.06. The first-order valence-electron chi connectivity index (χ1n) is 7.19. The van der Waals surface area contributed by atoms with Gasteiger partial charge in [-0.2, -0.15) is 0 Å². The summed E-state index contributed by atoms with van der Waals surface area (Å²) in [4.78, 5) is 12.1. The molecule has 1 aliphatic carbocycles. The van der Waals surface area contributed by atoms with Crippen molar-refractivity contribution in [3.63, 3.8) is 0 Å². The maximum absolute atomic E-state index is 12.1. The second-order valence-corrected chi connectivity index (χ2v) is 7.15. The lowest BCUT2D eigenvalue weighted by Crippen LogP contribution is -2.14. The number of esters is 1. The summed E-state index contributed by atoms with van der Waals surface area (Å²) in [5.41, 5.74) is 0.779. The molecule has 0 aliphatic heterocycles. The molecular weight excluding hydrogens is 291 g/mol. The maximum atomic E-state index is 12.1. The smallest absolute Gasteiger partial charge is 0.334 e. The number of hydrogen-bond donors (Lipinski definition) is 0. The lowest BCUT2D eigenvalue weighted by atomic mass is 10.2. The van der Waals surface area contributed by atoms with Crippen molar-refractivity contribution in [2.24, 2.45) is 0 Å². The molecule has 22 heavy (non-hydrogen) atoms.